The number of carbonyl (C=O) groups excluding carboxylic acids is 2. The molecule has 1 heterocycles. The van der Waals surface area contributed by atoms with E-state index in [0.29, 0.717) is 26.9 Å². The highest BCUT2D eigenvalue weighted by Crippen LogP contribution is 2.36. The number of para-hydroxylation sites is 1. The van der Waals surface area contributed by atoms with Crippen molar-refractivity contribution in [2.24, 2.45) is 0 Å². The number of esters is 1. The van der Waals surface area contributed by atoms with Gasteiger partial charge < -0.3 is 14.8 Å². The van der Waals surface area contributed by atoms with E-state index in [1.807, 2.05) is 41.8 Å². The molecule has 0 spiro atoms. The molecule has 0 aliphatic carbocycles. The van der Waals surface area contributed by atoms with Crippen molar-refractivity contribution in [1.82, 2.24) is 5.32 Å². The van der Waals surface area contributed by atoms with Crippen molar-refractivity contribution in [1.29, 1.82) is 0 Å². The van der Waals surface area contributed by atoms with Crippen LogP contribution in [0.2, 0.25) is 5.02 Å². The third kappa shape index (κ3) is 6.56. The standard InChI is InChI=1S/C25H25ClN2O4S2/c1-4-31-24(30)22-19(16-9-11-17(26)12-10-16)14-34-23(22)28-25(33)27-21(29)13-32-20-8-6-5-7-18(20)15(2)3/h5-12,14-15H,4,13H2,1-3H3,(H2,27,28,29,33). The Kier molecular flexibility index (Phi) is 9.04. The van der Waals surface area contributed by atoms with Crippen molar-refractivity contribution in [2.45, 2.75) is 26.7 Å². The minimum atomic E-state index is -0.487. The van der Waals surface area contributed by atoms with E-state index in [2.05, 4.69) is 24.5 Å². The van der Waals surface area contributed by atoms with Crippen LogP contribution in [0.25, 0.3) is 11.1 Å². The molecule has 3 rings (SSSR count). The van der Waals surface area contributed by atoms with Gasteiger partial charge in [0.1, 0.15) is 16.3 Å². The fourth-order valence-electron chi connectivity index (χ4n) is 3.23. The first-order valence-electron chi connectivity index (χ1n) is 10.7. The summed E-state index contributed by atoms with van der Waals surface area (Å²) in [7, 11) is 0. The predicted octanol–water partition coefficient (Wildman–Crippen LogP) is 6.26. The van der Waals surface area contributed by atoms with Gasteiger partial charge in [0.2, 0.25) is 0 Å². The molecule has 1 amide bonds. The summed E-state index contributed by atoms with van der Waals surface area (Å²) in [5.41, 5.74) is 2.85. The molecule has 0 radical (unpaired) electrons. The van der Waals surface area contributed by atoms with Crippen LogP contribution in [0.3, 0.4) is 0 Å². The molecule has 2 aromatic carbocycles. The molecule has 0 unspecified atom stereocenters. The Labute approximate surface area is 213 Å². The summed E-state index contributed by atoms with van der Waals surface area (Å²) in [5, 5.41) is 8.49. The van der Waals surface area contributed by atoms with Crippen LogP contribution in [0.4, 0.5) is 5.00 Å². The topological polar surface area (TPSA) is 76.7 Å². The molecule has 34 heavy (non-hydrogen) atoms. The van der Waals surface area contributed by atoms with E-state index in [4.69, 9.17) is 33.3 Å². The van der Waals surface area contributed by atoms with E-state index in [-0.39, 0.29) is 24.2 Å². The minimum absolute atomic E-state index is 0.0563. The van der Waals surface area contributed by atoms with E-state index < -0.39 is 11.9 Å². The summed E-state index contributed by atoms with van der Waals surface area (Å²) in [6, 6.07) is 14.7. The maximum absolute atomic E-state index is 12.7. The minimum Gasteiger partial charge on any atom is -0.483 e. The van der Waals surface area contributed by atoms with Gasteiger partial charge in [0.25, 0.3) is 5.91 Å². The predicted molar refractivity (Wildman–Crippen MR) is 141 cm³/mol. The highest BCUT2D eigenvalue weighted by molar-refractivity contribution is 7.80. The van der Waals surface area contributed by atoms with Gasteiger partial charge in [0.15, 0.2) is 11.7 Å². The second-order valence-corrected chi connectivity index (χ2v) is 9.29. The van der Waals surface area contributed by atoms with Crippen molar-refractivity contribution in [2.75, 3.05) is 18.5 Å². The molecule has 0 atom stereocenters. The van der Waals surface area contributed by atoms with E-state index >= 15 is 0 Å². The average Bonchev–Trinajstić information content (AvgIpc) is 3.21. The number of thiocarbonyl (C=S) groups is 1. The number of amides is 1. The van der Waals surface area contributed by atoms with Gasteiger partial charge in [0.05, 0.1) is 6.61 Å². The molecule has 9 heteroatoms. The van der Waals surface area contributed by atoms with Crippen molar-refractivity contribution in [3.63, 3.8) is 0 Å². The second-order valence-electron chi connectivity index (χ2n) is 7.56. The van der Waals surface area contributed by atoms with E-state index in [1.165, 1.54) is 11.3 Å². The fourth-order valence-corrected chi connectivity index (χ4v) is 4.60. The molecule has 0 saturated heterocycles. The molecule has 0 bridgehead atoms. The van der Waals surface area contributed by atoms with Crippen molar-refractivity contribution >= 4 is 57.1 Å². The molecule has 0 saturated carbocycles. The quantitative estimate of drug-likeness (QED) is 0.272. The van der Waals surface area contributed by atoms with Gasteiger partial charge in [-0.15, -0.1) is 11.3 Å². The summed E-state index contributed by atoms with van der Waals surface area (Å²) in [4.78, 5) is 25.1. The van der Waals surface area contributed by atoms with Crippen LogP contribution in [0.15, 0.2) is 53.9 Å². The van der Waals surface area contributed by atoms with Gasteiger partial charge in [-0.1, -0.05) is 55.8 Å². The lowest BCUT2D eigenvalue weighted by Gasteiger charge is -2.14. The zero-order chi connectivity index (χ0) is 24.7. The Morgan fingerprint density at radius 1 is 1.12 bits per heavy atom. The largest absolute Gasteiger partial charge is 0.483 e. The van der Waals surface area contributed by atoms with Crippen molar-refractivity contribution in [3.8, 4) is 16.9 Å². The normalized spacial score (nSPS) is 10.6. The van der Waals surface area contributed by atoms with E-state index in [1.54, 1.807) is 19.1 Å². The number of nitrogens with one attached hydrogen (secondary N) is 2. The Bertz CT molecular complexity index is 1180. The Balaban J connectivity index is 1.70. The lowest BCUT2D eigenvalue weighted by molar-refractivity contribution is -0.121. The van der Waals surface area contributed by atoms with E-state index in [9.17, 15) is 9.59 Å². The number of hydrogen-bond donors (Lipinski definition) is 2. The molecule has 6 nitrogen and oxygen atoms in total. The Morgan fingerprint density at radius 3 is 2.50 bits per heavy atom. The number of halogens is 1. The molecule has 0 aliphatic rings. The molecular weight excluding hydrogens is 492 g/mol. The maximum atomic E-state index is 12.7. The molecule has 178 valence electrons. The monoisotopic (exact) mass is 516 g/mol. The van der Waals surface area contributed by atoms with Crippen LogP contribution in [-0.2, 0) is 9.53 Å². The first-order valence-corrected chi connectivity index (χ1v) is 12.3. The fraction of sp³-hybridized carbons (Fsp3) is 0.240. The van der Waals surface area contributed by atoms with Gasteiger partial charge in [-0.25, -0.2) is 4.79 Å². The van der Waals surface area contributed by atoms with Gasteiger partial charge in [0, 0.05) is 16.0 Å². The van der Waals surface area contributed by atoms with E-state index in [0.717, 1.165) is 11.1 Å². The van der Waals surface area contributed by atoms with Crippen LogP contribution >= 0.6 is 35.2 Å². The zero-order valence-corrected chi connectivity index (χ0v) is 21.4. The van der Waals surface area contributed by atoms with Crippen LogP contribution in [0, 0.1) is 0 Å². The summed E-state index contributed by atoms with van der Waals surface area (Å²) in [5.74, 6) is 0.0149. The summed E-state index contributed by atoms with van der Waals surface area (Å²) >= 11 is 12.6. The Hall–Kier alpha value is -2.94. The average molecular weight is 517 g/mol. The first kappa shape index (κ1) is 25.7. The number of thiophene rings is 1. The SMILES string of the molecule is CCOC(=O)c1c(-c2ccc(Cl)cc2)csc1NC(=S)NC(=O)COc1ccccc1C(C)C. The number of anilines is 1. The second kappa shape index (κ2) is 12.0. The third-order valence-electron chi connectivity index (χ3n) is 4.81. The number of hydrogen-bond acceptors (Lipinski definition) is 6. The van der Waals surface area contributed by atoms with Crippen molar-refractivity contribution in [3.05, 3.63) is 70.1 Å². The molecule has 3 aromatic rings. The lowest BCUT2D eigenvalue weighted by Crippen LogP contribution is -2.37. The van der Waals surface area contributed by atoms with Crippen LogP contribution < -0.4 is 15.4 Å². The summed E-state index contributed by atoms with van der Waals surface area (Å²) in [6.07, 6.45) is 0. The smallest absolute Gasteiger partial charge is 0.341 e. The van der Waals surface area contributed by atoms with Crippen LogP contribution in [0.5, 0.6) is 5.75 Å². The summed E-state index contributed by atoms with van der Waals surface area (Å²) < 4.78 is 10.9. The first-order chi connectivity index (χ1) is 16.3. The number of ether oxygens (including phenoxy) is 2. The number of benzene rings is 2. The lowest BCUT2D eigenvalue weighted by atomic mass is 10.0. The third-order valence-corrected chi connectivity index (χ3v) is 6.16. The van der Waals surface area contributed by atoms with Gasteiger partial charge in [-0.2, -0.15) is 0 Å². The zero-order valence-electron chi connectivity index (χ0n) is 19.0. The molecule has 1 aromatic heterocycles. The van der Waals surface area contributed by atoms with Gasteiger partial charge in [-0.05, 0) is 54.4 Å². The summed E-state index contributed by atoms with van der Waals surface area (Å²) in [6.45, 7) is 5.88. The van der Waals surface area contributed by atoms with Gasteiger partial charge >= 0.3 is 5.97 Å². The molecular formula is C25H25ClN2O4S2. The Morgan fingerprint density at radius 2 is 1.82 bits per heavy atom. The highest BCUT2D eigenvalue weighted by Gasteiger charge is 2.22. The molecule has 0 aliphatic heterocycles. The highest BCUT2D eigenvalue weighted by atomic mass is 35.5. The molecule has 2 N–H and O–H groups in total. The molecule has 0 fully saturated rings. The number of carbonyl (C=O) groups is 2. The maximum Gasteiger partial charge on any atom is 0.341 e. The van der Waals surface area contributed by atoms with Gasteiger partial charge in [-0.3, -0.25) is 10.1 Å². The van der Waals surface area contributed by atoms with Crippen LogP contribution in [-0.4, -0.2) is 30.2 Å². The number of rotatable bonds is 8. The van der Waals surface area contributed by atoms with Crippen LogP contribution in [0.1, 0.15) is 42.6 Å². The van der Waals surface area contributed by atoms with Crippen molar-refractivity contribution < 1.29 is 19.1 Å².